The fourth-order valence-corrected chi connectivity index (χ4v) is 3.04. The molecule has 1 saturated carbocycles. The summed E-state index contributed by atoms with van der Waals surface area (Å²) in [6, 6.07) is 0. The molecule has 0 radical (unpaired) electrons. The molecule has 1 aliphatic carbocycles. The molecule has 0 aromatic carbocycles. The quantitative estimate of drug-likeness (QED) is 0.710. The third-order valence-electron chi connectivity index (χ3n) is 3.91. The summed E-state index contributed by atoms with van der Waals surface area (Å²) in [5, 5.41) is 13.8. The first-order valence-corrected chi connectivity index (χ1v) is 6.22. The normalized spacial score (nSPS) is 28.9. The molecule has 2 N–H and O–H groups in total. The van der Waals surface area contributed by atoms with Crippen LogP contribution >= 0.6 is 0 Å². The van der Waals surface area contributed by atoms with Gasteiger partial charge in [-0.3, -0.25) is 0 Å². The minimum Gasteiger partial charge on any atom is -0.390 e. The molecule has 0 atom stereocenters. The summed E-state index contributed by atoms with van der Waals surface area (Å²) < 4.78 is 0. The third kappa shape index (κ3) is 2.71. The van der Waals surface area contributed by atoms with Gasteiger partial charge in [0.1, 0.15) is 0 Å². The lowest BCUT2D eigenvalue weighted by Gasteiger charge is -2.36. The lowest BCUT2D eigenvalue weighted by atomic mass is 9.76. The molecule has 0 bridgehead atoms. The van der Waals surface area contributed by atoms with Crippen LogP contribution in [0.2, 0.25) is 0 Å². The minimum absolute atomic E-state index is 0.291. The molecule has 82 valence electrons. The van der Waals surface area contributed by atoms with Crippen molar-refractivity contribution in [3.05, 3.63) is 0 Å². The molecule has 0 aromatic heterocycles. The van der Waals surface area contributed by atoms with Crippen LogP contribution in [0, 0.1) is 5.92 Å². The molecule has 2 aliphatic rings. The van der Waals surface area contributed by atoms with Crippen molar-refractivity contribution in [2.45, 2.75) is 57.0 Å². The fourth-order valence-electron chi connectivity index (χ4n) is 3.04. The van der Waals surface area contributed by atoms with Gasteiger partial charge >= 0.3 is 0 Å². The first-order chi connectivity index (χ1) is 6.79. The first-order valence-electron chi connectivity index (χ1n) is 6.22. The van der Waals surface area contributed by atoms with Gasteiger partial charge in [-0.25, -0.2) is 0 Å². The highest BCUT2D eigenvalue weighted by Crippen LogP contribution is 2.35. The number of piperidine rings is 1. The lowest BCUT2D eigenvalue weighted by molar-refractivity contribution is -0.0209. The smallest absolute Gasteiger partial charge is 0.0650 e. The molecule has 0 unspecified atom stereocenters. The molecule has 0 spiro atoms. The Morgan fingerprint density at radius 1 is 1.07 bits per heavy atom. The van der Waals surface area contributed by atoms with Gasteiger partial charge in [0.25, 0.3) is 0 Å². The van der Waals surface area contributed by atoms with E-state index in [1.165, 1.54) is 32.1 Å². The molecular weight excluding hydrogens is 174 g/mol. The van der Waals surface area contributed by atoms with Gasteiger partial charge in [0.2, 0.25) is 0 Å². The number of nitrogens with one attached hydrogen (secondary N) is 1. The maximum Gasteiger partial charge on any atom is 0.0650 e. The second-order valence-corrected chi connectivity index (χ2v) is 5.18. The summed E-state index contributed by atoms with van der Waals surface area (Å²) in [5.74, 6) is 0.777. The van der Waals surface area contributed by atoms with Crippen LogP contribution in [0.25, 0.3) is 0 Å². The Morgan fingerprint density at radius 3 is 2.36 bits per heavy atom. The van der Waals surface area contributed by atoms with Crippen molar-refractivity contribution in [1.82, 2.24) is 5.32 Å². The second-order valence-electron chi connectivity index (χ2n) is 5.18. The van der Waals surface area contributed by atoms with E-state index in [1.807, 2.05) is 0 Å². The average molecular weight is 197 g/mol. The van der Waals surface area contributed by atoms with Crippen molar-refractivity contribution in [2.24, 2.45) is 5.92 Å². The standard InChI is InChI=1S/C12H23NO/c14-12(6-2-1-3-7-12)10-11-4-8-13-9-5-11/h11,13-14H,1-10H2. The molecule has 2 nitrogen and oxygen atoms in total. The van der Waals surface area contributed by atoms with Crippen LogP contribution in [-0.4, -0.2) is 23.8 Å². The van der Waals surface area contributed by atoms with Gasteiger partial charge in [-0.2, -0.15) is 0 Å². The third-order valence-corrected chi connectivity index (χ3v) is 3.91. The fraction of sp³-hybridized carbons (Fsp3) is 1.00. The van der Waals surface area contributed by atoms with Crippen LogP contribution in [0.4, 0.5) is 0 Å². The van der Waals surface area contributed by atoms with Gasteiger partial charge in [0.15, 0.2) is 0 Å². The van der Waals surface area contributed by atoms with E-state index < -0.39 is 0 Å². The SMILES string of the molecule is OC1(CC2CCNCC2)CCCCC1. The van der Waals surface area contributed by atoms with E-state index in [9.17, 15) is 5.11 Å². The molecule has 0 aromatic rings. The molecule has 2 heteroatoms. The Morgan fingerprint density at radius 2 is 1.71 bits per heavy atom. The van der Waals surface area contributed by atoms with Gasteiger partial charge in [0, 0.05) is 0 Å². The van der Waals surface area contributed by atoms with E-state index in [-0.39, 0.29) is 5.60 Å². The Hall–Kier alpha value is -0.0800. The maximum atomic E-state index is 10.4. The van der Waals surface area contributed by atoms with Gasteiger partial charge in [-0.05, 0) is 51.1 Å². The van der Waals surface area contributed by atoms with Crippen molar-refractivity contribution in [1.29, 1.82) is 0 Å². The molecule has 2 fully saturated rings. The monoisotopic (exact) mass is 197 g/mol. The largest absolute Gasteiger partial charge is 0.390 e. The van der Waals surface area contributed by atoms with Crippen LogP contribution in [0.15, 0.2) is 0 Å². The number of hydrogen-bond acceptors (Lipinski definition) is 2. The van der Waals surface area contributed by atoms with Crippen molar-refractivity contribution in [3.63, 3.8) is 0 Å². The van der Waals surface area contributed by atoms with E-state index in [0.29, 0.717) is 0 Å². The highest BCUT2D eigenvalue weighted by Gasteiger charge is 2.32. The molecule has 14 heavy (non-hydrogen) atoms. The van der Waals surface area contributed by atoms with E-state index >= 15 is 0 Å². The van der Waals surface area contributed by atoms with Crippen molar-refractivity contribution < 1.29 is 5.11 Å². The zero-order valence-corrected chi connectivity index (χ0v) is 9.10. The van der Waals surface area contributed by atoms with Crippen LogP contribution in [-0.2, 0) is 0 Å². The average Bonchev–Trinajstić information content (AvgIpc) is 2.19. The topological polar surface area (TPSA) is 32.3 Å². The van der Waals surface area contributed by atoms with E-state index in [1.54, 1.807) is 0 Å². The van der Waals surface area contributed by atoms with Gasteiger partial charge in [-0.15, -0.1) is 0 Å². The van der Waals surface area contributed by atoms with Crippen LogP contribution in [0.1, 0.15) is 51.4 Å². The Balaban J connectivity index is 1.81. The van der Waals surface area contributed by atoms with Crippen LogP contribution < -0.4 is 5.32 Å². The highest BCUT2D eigenvalue weighted by molar-refractivity contribution is 4.86. The summed E-state index contributed by atoms with van der Waals surface area (Å²) in [6.45, 7) is 2.31. The molecule has 1 aliphatic heterocycles. The summed E-state index contributed by atoms with van der Waals surface area (Å²) in [4.78, 5) is 0. The lowest BCUT2D eigenvalue weighted by Crippen LogP contribution is -2.37. The predicted octanol–water partition coefficient (Wildman–Crippen LogP) is 2.07. The Kier molecular flexibility index (Phi) is 3.45. The van der Waals surface area contributed by atoms with Gasteiger partial charge < -0.3 is 10.4 Å². The van der Waals surface area contributed by atoms with Crippen LogP contribution in [0.3, 0.4) is 0 Å². The molecule has 0 amide bonds. The molecule has 1 heterocycles. The van der Waals surface area contributed by atoms with E-state index in [2.05, 4.69) is 5.32 Å². The molecular formula is C12H23NO. The number of aliphatic hydroxyl groups is 1. The van der Waals surface area contributed by atoms with E-state index in [0.717, 1.165) is 38.3 Å². The predicted molar refractivity (Wildman–Crippen MR) is 58.2 cm³/mol. The zero-order chi connectivity index (χ0) is 9.86. The Labute approximate surface area is 87.1 Å². The van der Waals surface area contributed by atoms with Crippen molar-refractivity contribution >= 4 is 0 Å². The second kappa shape index (κ2) is 4.63. The van der Waals surface area contributed by atoms with Gasteiger partial charge in [0.05, 0.1) is 5.60 Å². The summed E-state index contributed by atoms with van der Waals surface area (Å²) in [7, 11) is 0. The summed E-state index contributed by atoms with van der Waals surface area (Å²) in [5.41, 5.74) is -0.291. The highest BCUT2D eigenvalue weighted by atomic mass is 16.3. The number of hydrogen-bond donors (Lipinski definition) is 2. The van der Waals surface area contributed by atoms with E-state index in [4.69, 9.17) is 0 Å². The Bertz CT molecular complexity index is 169. The zero-order valence-electron chi connectivity index (χ0n) is 9.10. The summed E-state index contributed by atoms with van der Waals surface area (Å²) >= 11 is 0. The van der Waals surface area contributed by atoms with Crippen molar-refractivity contribution in [3.8, 4) is 0 Å². The minimum atomic E-state index is -0.291. The molecule has 1 saturated heterocycles. The molecule has 2 rings (SSSR count). The van der Waals surface area contributed by atoms with Gasteiger partial charge in [-0.1, -0.05) is 19.3 Å². The maximum absolute atomic E-state index is 10.4. The first kappa shape index (κ1) is 10.4. The summed E-state index contributed by atoms with van der Waals surface area (Å²) in [6.07, 6.45) is 9.50. The van der Waals surface area contributed by atoms with Crippen LogP contribution in [0.5, 0.6) is 0 Å². The number of rotatable bonds is 2. The van der Waals surface area contributed by atoms with Crippen molar-refractivity contribution in [2.75, 3.05) is 13.1 Å².